The Morgan fingerprint density at radius 1 is 1.00 bits per heavy atom. The van der Waals surface area contributed by atoms with E-state index in [-0.39, 0.29) is 0 Å². The molecule has 2 rings (SSSR count). The highest BCUT2D eigenvalue weighted by Gasteiger charge is 2.59. The molecule has 2 atom stereocenters. The summed E-state index contributed by atoms with van der Waals surface area (Å²) in [6, 6.07) is 0. The number of carbonyl (C=O) groups is 2. The Morgan fingerprint density at radius 3 is 1.53 bits per heavy atom. The van der Waals surface area contributed by atoms with Gasteiger partial charge in [0.05, 0.1) is 10.7 Å². The Bertz CT molecular complexity index is 543. The predicted octanol–water partition coefficient (Wildman–Crippen LogP) is -1.96. The minimum absolute atomic E-state index is 0.355. The van der Waals surface area contributed by atoms with Gasteiger partial charge in [-0.3, -0.25) is 9.11 Å². The summed E-state index contributed by atoms with van der Waals surface area (Å²) >= 11 is 0. The molecule has 0 aromatic carbocycles. The van der Waals surface area contributed by atoms with Gasteiger partial charge in [0, 0.05) is 0 Å². The fourth-order valence-corrected chi connectivity index (χ4v) is 3.53. The molecule has 0 aromatic rings. The first kappa shape index (κ1) is 10.4. The van der Waals surface area contributed by atoms with Crippen LogP contribution < -0.4 is 0 Å². The molecule has 1 spiro atoms. The molecule has 0 aromatic heterocycles. The zero-order valence-corrected chi connectivity index (χ0v) is 8.45. The van der Waals surface area contributed by atoms with Crippen LogP contribution in [0.3, 0.4) is 0 Å². The molecular weight excluding hydrogens is 252 g/mol. The van der Waals surface area contributed by atoms with E-state index >= 15 is 0 Å². The maximum Gasteiger partial charge on any atom is 0.348 e. The fourth-order valence-electron chi connectivity index (χ4n) is 1.18. The van der Waals surface area contributed by atoms with Crippen molar-refractivity contribution in [1.29, 1.82) is 0 Å². The number of hydrogen-bond donors (Lipinski definition) is 2. The standard InChI is InChI=1S/C5H4O8S2/c6-3-5(1-14(8,9)12-3)2-15(10,11)13-4(5)7/h1-2H,(H,8,9)(H,10,11). The minimum atomic E-state index is -4.06. The summed E-state index contributed by atoms with van der Waals surface area (Å²) in [5, 5.41) is 0.709. The number of hydrogen-bond acceptors (Lipinski definition) is 6. The van der Waals surface area contributed by atoms with Crippen molar-refractivity contribution >= 4 is 42.8 Å². The van der Waals surface area contributed by atoms with Crippen molar-refractivity contribution in [3.05, 3.63) is 0 Å². The maximum absolute atomic E-state index is 11.2. The molecule has 0 bridgehead atoms. The van der Waals surface area contributed by atoms with Crippen LogP contribution in [0.4, 0.5) is 0 Å². The van der Waals surface area contributed by atoms with E-state index in [0.717, 1.165) is 0 Å². The third-order valence-electron chi connectivity index (χ3n) is 1.74. The van der Waals surface area contributed by atoms with E-state index in [4.69, 9.17) is 9.11 Å². The van der Waals surface area contributed by atoms with Crippen LogP contribution in [-0.2, 0) is 38.1 Å². The first-order chi connectivity index (χ1) is 6.67. The number of rotatable bonds is 0. The Labute approximate surface area is 84.3 Å². The normalized spacial score (nSPS) is 48.4. The molecule has 2 aliphatic heterocycles. The second kappa shape index (κ2) is 2.52. The van der Waals surface area contributed by atoms with Crippen molar-refractivity contribution in [2.45, 2.75) is 0 Å². The second-order valence-corrected chi connectivity index (χ2v) is 5.74. The smallest absolute Gasteiger partial charge is 0.348 e. The van der Waals surface area contributed by atoms with Gasteiger partial charge in [-0.15, -0.1) is 0 Å². The molecule has 0 amide bonds. The third-order valence-corrected chi connectivity index (χ3v) is 3.85. The molecule has 2 N–H and O–H groups in total. The molecular formula is C5H4O8S2. The summed E-state index contributed by atoms with van der Waals surface area (Å²) in [6.07, 6.45) is 0. The van der Waals surface area contributed by atoms with E-state index in [1.165, 1.54) is 0 Å². The van der Waals surface area contributed by atoms with Gasteiger partial charge in [-0.1, -0.05) is 0 Å². The predicted molar refractivity (Wildman–Crippen MR) is 48.3 cm³/mol. The summed E-state index contributed by atoms with van der Waals surface area (Å²) in [5.74, 6) is -2.81. The monoisotopic (exact) mass is 256 g/mol. The lowest BCUT2D eigenvalue weighted by molar-refractivity contribution is -0.148. The molecule has 2 unspecified atom stereocenters. The van der Waals surface area contributed by atoms with Crippen LogP contribution in [-0.4, -0.2) is 40.2 Å². The van der Waals surface area contributed by atoms with Crippen molar-refractivity contribution in [2.75, 3.05) is 0 Å². The Morgan fingerprint density at radius 2 is 1.33 bits per heavy atom. The van der Waals surface area contributed by atoms with Gasteiger partial charge in [0.2, 0.25) is 25.6 Å². The maximum atomic E-state index is 11.2. The highest BCUT2D eigenvalue weighted by molar-refractivity contribution is 7.95. The largest absolute Gasteiger partial charge is 0.351 e. The summed E-state index contributed by atoms with van der Waals surface area (Å²) in [7, 11) is -8.13. The van der Waals surface area contributed by atoms with Crippen LogP contribution in [0.1, 0.15) is 0 Å². The average Bonchev–Trinajstić information content (AvgIpc) is 2.31. The van der Waals surface area contributed by atoms with Crippen LogP contribution in [0.15, 0.2) is 0 Å². The lowest BCUT2D eigenvalue weighted by atomic mass is 9.94. The van der Waals surface area contributed by atoms with Crippen molar-refractivity contribution in [1.82, 2.24) is 0 Å². The van der Waals surface area contributed by atoms with Crippen molar-refractivity contribution < 1.29 is 35.5 Å². The van der Waals surface area contributed by atoms with Crippen LogP contribution in [0.5, 0.6) is 0 Å². The molecule has 15 heavy (non-hydrogen) atoms. The van der Waals surface area contributed by atoms with Crippen LogP contribution in [0.2, 0.25) is 0 Å². The molecule has 2 aliphatic rings. The first-order valence-corrected chi connectivity index (χ1v) is 6.40. The van der Waals surface area contributed by atoms with Crippen LogP contribution >= 0.6 is 0 Å². The lowest BCUT2D eigenvalue weighted by Gasteiger charge is -2.04. The summed E-state index contributed by atoms with van der Waals surface area (Å²) in [4.78, 5) is 22.3. The minimum Gasteiger partial charge on any atom is -0.351 e. The van der Waals surface area contributed by atoms with Gasteiger partial charge >= 0.3 is 11.9 Å². The third kappa shape index (κ3) is 1.42. The van der Waals surface area contributed by atoms with Gasteiger partial charge in [0.25, 0.3) is 0 Å². The molecule has 10 heteroatoms. The van der Waals surface area contributed by atoms with Gasteiger partial charge in [-0.2, -0.15) is 8.42 Å². The van der Waals surface area contributed by atoms with Crippen LogP contribution in [0, 0.1) is 5.41 Å². The quantitative estimate of drug-likeness (QED) is 0.377. The average molecular weight is 256 g/mol. The van der Waals surface area contributed by atoms with E-state index in [1.807, 2.05) is 0 Å². The molecule has 0 aliphatic carbocycles. The Kier molecular flexibility index (Phi) is 1.75. The first-order valence-electron chi connectivity index (χ1n) is 3.40. The van der Waals surface area contributed by atoms with Crippen LogP contribution in [0.25, 0.3) is 0 Å². The van der Waals surface area contributed by atoms with E-state index < -0.39 is 37.5 Å². The molecule has 0 fully saturated rings. The summed E-state index contributed by atoms with van der Waals surface area (Å²) in [6.45, 7) is 0. The van der Waals surface area contributed by atoms with E-state index in [1.54, 1.807) is 0 Å². The van der Waals surface area contributed by atoms with E-state index in [9.17, 15) is 18.0 Å². The molecule has 0 saturated heterocycles. The molecule has 8 nitrogen and oxygen atoms in total. The Hall–Kier alpha value is -1.10. The lowest BCUT2D eigenvalue weighted by Crippen LogP contribution is -2.36. The molecule has 0 saturated carbocycles. The SMILES string of the molecule is O=C1OS(=O)(O)=CC12C=S(=O)(O)OC2=O. The topological polar surface area (TPSA) is 127 Å². The van der Waals surface area contributed by atoms with Gasteiger partial charge in [0.15, 0.2) is 0 Å². The zero-order chi connectivity index (χ0) is 11.5. The van der Waals surface area contributed by atoms with Crippen molar-refractivity contribution in [3.8, 4) is 0 Å². The van der Waals surface area contributed by atoms with Crippen molar-refractivity contribution in [2.24, 2.45) is 5.41 Å². The van der Waals surface area contributed by atoms with Gasteiger partial charge in [-0.05, 0) is 0 Å². The highest BCUT2D eigenvalue weighted by atomic mass is 32.2. The fraction of sp³-hybridized carbons (Fsp3) is 0.200. The number of carbonyl (C=O) groups excluding carboxylic acids is 2. The Balaban J connectivity index is 2.74. The molecule has 2 heterocycles. The highest BCUT2D eigenvalue weighted by Crippen LogP contribution is 2.30. The van der Waals surface area contributed by atoms with Crippen molar-refractivity contribution in [3.63, 3.8) is 0 Å². The second-order valence-electron chi connectivity index (χ2n) is 2.88. The van der Waals surface area contributed by atoms with E-state index in [2.05, 4.69) is 8.37 Å². The van der Waals surface area contributed by atoms with Gasteiger partial charge in [0.1, 0.15) is 0 Å². The van der Waals surface area contributed by atoms with Gasteiger partial charge < -0.3 is 8.37 Å². The summed E-state index contributed by atoms with van der Waals surface area (Å²) < 4.78 is 47.7. The molecule has 84 valence electrons. The zero-order valence-electron chi connectivity index (χ0n) is 6.82. The van der Waals surface area contributed by atoms with E-state index in [0.29, 0.717) is 10.7 Å². The molecule has 0 radical (unpaired) electrons. The summed E-state index contributed by atoms with van der Waals surface area (Å²) in [5.41, 5.74) is -2.35. The van der Waals surface area contributed by atoms with Gasteiger partial charge in [-0.25, -0.2) is 9.59 Å².